The predicted molar refractivity (Wildman–Crippen MR) is 92.6 cm³/mol. The van der Waals surface area contributed by atoms with Crippen molar-refractivity contribution in [2.75, 3.05) is 23.9 Å². The minimum absolute atomic E-state index is 0.476. The minimum atomic E-state index is -1.22. The Kier molecular flexibility index (Phi) is 11.2. The summed E-state index contributed by atoms with van der Waals surface area (Å²) in [4.78, 5) is 0. The van der Waals surface area contributed by atoms with Gasteiger partial charge in [0, 0.05) is 0 Å². The van der Waals surface area contributed by atoms with Crippen LogP contribution in [0.25, 0.3) is 0 Å². The first-order chi connectivity index (χ1) is 10.6. The molecule has 0 amide bonds. The molecule has 0 aromatic carbocycles. The summed E-state index contributed by atoms with van der Waals surface area (Å²) in [7, 11) is 0. The highest BCUT2D eigenvalue weighted by Crippen LogP contribution is 2.22. The Bertz CT molecular complexity index is 283. The molecular weight excluding hydrogens is 324 g/mol. The van der Waals surface area contributed by atoms with E-state index >= 15 is 0 Å². The average molecular weight is 355 g/mol. The lowest BCUT2D eigenvalue weighted by Gasteiger charge is -2.38. The van der Waals surface area contributed by atoms with E-state index in [1.165, 1.54) is 25.7 Å². The molecule has 5 atom stereocenters. The second-order valence-electron chi connectivity index (χ2n) is 5.66. The van der Waals surface area contributed by atoms with E-state index in [0.29, 0.717) is 6.61 Å². The van der Waals surface area contributed by atoms with Crippen LogP contribution < -0.4 is 0 Å². The zero-order valence-corrected chi connectivity index (χ0v) is 15.0. The standard InChI is InChI=1S/C15H30O5S2/c1-11-12(16)13(17)14(18)15(20-11)19-7-6-10-22-9-5-3-2-4-8-21/h11-18,21H,2-10H2,1H3/t11-,12+,13+,14-,15+/m0/s1. The Morgan fingerprint density at radius 2 is 1.64 bits per heavy atom. The van der Waals surface area contributed by atoms with Gasteiger partial charge in [-0.3, -0.25) is 0 Å². The van der Waals surface area contributed by atoms with E-state index in [1.54, 1.807) is 6.92 Å². The maximum absolute atomic E-state index is 9.80. The summed E-state index contributed by atoms with van der Waals surface area (Å²) in [5, 5.41) is 29.1. The molecule has 1 rings (SSSR count). The molecule has 7 heteroatoms. The van der Waals surface area contributed by atoms with Crippen LogP contribution in [0.15, 0.2) is 0 Å². The van der Waals surface area contributed by atoms with Gasteiger partial charge in [0.15, 0.2) is 6.29 Å². The smallest absolute Gasteiger partial charge is 0.186 e. The van der Waals surface area contributed by atoms with Crippen LogP contribution in [0.4, 0.5) is 0 Å². The second kappa shape index (κ2) is 11.9. The monoisotopic (exact) mass is 354 g/mol. The molecule has 132 valence electrons. The molecule has 0 saturated carbocycles. The van der Waals surface area contributed by atoms with Crippen molar-refractivity contribution in [2.45, 2.75) is 69.7 Å². The summed E-state index contributed by atoms with van der Waals surface area (Å²) in [5.41, 5.74) is 0. The highest BCUT2D eigenvalue weighted by Gasteiger charge is 2.42. The molecular formula is C15H30O5S2. The van der Waals surface area contributed by atoms with Crippen LogP contribution in [-0.2, 0) is 9.47 Å². The van der Waals surface area contributed by atoms with Gasteiger partial charge < -0.3 is 24.8 Å². The number of unbranched alkanes of at least 4 members (excludes halogenated alkanes) is 3. The molecule has 0 bridgehead atoms. The van der Waals surface area contributed by atoms with Crippen molar-refractivity contribution >= 4 is 24.4 Å². The van der Waals surface area contributed by atoms with Crippen LogP contribution in [0.1, 0.15) is 39.0 Å². The van der Waals surface area contributed by atoms with E-state index in [-0.39, 0.29) is 0 Å². The lowest BCUT2D eigenvalue weighted by atomic mass is 10.0. The molecule has 22 heavy (non-hydrogen) atoms. The third-order valence-corrected chi connectivity index (χ3v) is 5.19. The van der Waals surface area contributed by atoms with Gasteiger partial charge in [-0.2, -0.15) is 24.4 Å². The summed E-state index contributed by atoms with van der Waals surface area (Å²) >= 11 is 6.10. The van der Waals surface area contributed by atoms with Crippen molar-refractivity contribution < 1.29 is 24.8 Å². The SMILES string of the molecule is C[C@@H]1O[C@@H](OCCCSCCCCCCS)[C@@H](O)[C@H](O)[C@@H]1O. The van der Waals surface area contributed by atoms with Crippen LogP contribution in [0.5, 0.6) is 0 Å². The van der Waals surface area contributed by atoms with E-state index in [0.717, 1.165) is 23.7 Å². The van der Waals surface area contributed by atoms with Crippen molar-refractivity contribution in [3.05, 3.63) is 0 Å². The number of ether oxygens (including phenoxy) is 2. The Morgan fingerprint density at radius 3 is 2.36 bits per heavy atom. The Balaban J connectivity index is 2.00. The maximum atomic E-state index is 9.80. The van der Waals surface area contributed by atoms with Gasteiger partial charge in [0.2, 0.25) is 0 Å². The summed E-state index contributed by atoms with van der Waals surface area (Å²) in [6.45, 7) is 2.13. The third-order valence-electron chi connectivity index (χ3n) is 3.72. The maximum Gasteiger partial charge on any atom is 0.186 e. The fourth-order valence-corrected chi connectivity index (χ4v) is 3.44. The number of thioether (sulfide) groups is 1. The van der Waals surface area contributed by atoms with Crippen LogP contribution >= 0.6 is 24.4 Å². The molecule has 1 aliphatic heterocycles. The van der Waals surface area contributed by atoms with Crippen molar-refractivity contribution in [1.29, 1.82) is 0 Å². The lowest BCUT2D eigenvalue weighted by molar-refractivity contribution is -0.292. The first kappa shape index (κ1) is 20.5. The lowest BCUT2D eigenvalue weighted by Crippen LogP contribution is -2.57. The molecule has 1 saturated heterocycles. The molecule has 1 fully saturated rings. The zero-order valence-electron chi connectivity index (χ0n) is 13.3. The Hall–Kier alpha value is 0.500. The molecule has 3 N–H and O–H groups in total. The first-order valence-electron chi connectivity index (χ1n) is 8.07. The van der Waals surface area contributed by atoms with Crippen molar-refractivity contribution in [2.24, 2.45) is 0 Å². The van der Waals surface area contributed by atoms with E-state index < -0.39 is 30.7 Å². The number of hydrogen-bond donors (Lipinski definition) is 4. The van der Waals surface area contributed by atoms with Crippen LogP contribution in [0.3, 0.4) is 0 Å². The molecule has 0 spiro atoms. The zero-order chi connectivity index (χ0) is 16.4. The molecule has 0 unspecified atom stereocenters. The van der Waals surface area contributed by atoms with Gasteiger partial charge in [-0.05, 0) is 43.4 Å². The van der Waals surface area contributed by atoms with Gasteiger partial charge in [-0.1, -0.05) is 12.8 Å². The van der Waals surface area contributed by atoms with Gasteiger partial charge in [0.1, 0.15) is 18.3 Å². The number of aliphatic hydroxyl groups excluding tert-OH is 3. The van der Waals surface area contributed by atoms with Crippen LogP contribution in [0.2, 0.25) is 0 Å². The van der Waals surface area contributed by atoms with Gasteiger partial charge in [-0.15, -0.1) is 0 Å². The van der Waals surface area contributed by atoms with Gasteiger partial charge in [0.05, 0.1) is 12.7 Å². The molecule has 1 heterocycles. The minimum Gasteiger partial charge on any atom is -0.388 e. The topological polar surface area (TPSA) is 79.2 Å². The molecule has 0 aromatic heterocycles. The molecule has 0 aliphatic carbocycles. The number of rotatable bonds is 11. The Morgan fingerprint density at radius 1 is 0.955 bits per heavy atom. The average Bonchev–Trinajstić information content (AvgIpc) is 2.51. The predicted octanol–water partition coefficient (Wildman–Crippen LogP) is 1.44. The highest BCUT2D eigenvalue weighted by molar-refractivity contribution is 7.99. The van der Waals surface area contributed by atoms with Gasteiger partial charge in [-0.25, -0.2) is 0 Å². The molecule has 0 aromatic rings. The normalized spacial score (nSPS) is 32.3. The van der Waals surface area contributed by atoms with Crippen LogP contribution in [0, 0.1) is 0 Å². The fourth-order valence-electron chi connectivity index (χ4n) is 2.28. The molecule has 1 aliphatic rings. The van der Waals surface area contributed by atoms with E-state index in [9.17, 15) is 15.3 Å². The summed E-state index contributed by atoms with van der Waals surface area (Å²) in [6, 6.07) is 0. The Labute approximate surface area is 143 Å². The van der Waals surface area contributed by atoms with E-state index in [4.69, 9.17) is 9.47 Å². The summed E-state index contributed by atoms with van der Waals surface area (Å²) < 4.78 is 10.8. The largest absolute Gasteiger partial charge is 0.388 e. The van der Waals surface area contributed by atoms with Crippen molar-refractivity contribution in [1.82, 2.24) is 0 Å². The number of hydrogen-bond acceptors (Lipinski definition) is 7. The number of aliphatic hydroxyl groups is 3. The van der Waals surface area contributed by atoms with Crippen molar-refractivity contribution in [3.63, 3.8) is 0 Å². The fraction of sp³-hybridized carbons (Fsp3) is 1.00. The van der Waals surface area contributed by atoms with E-state index in [2.05, 4.69) is 12.6 Å². The third kappa shape index (κ3) is 7.38. The van der Waals surface area contributed by atoms with Crippen LogP contribution in [-0.4, -0.2) is 69.9 Å². The second-order valence-corrected chi connectivity index (χ2v) is 7.33. The molecule has 0 radical (unpaired) electrons. The van der Waals surface area contributed by atoms with E-state index in [1.807, 2.05) is 11.8 Å². The van der Waals surface area contributed by atoms with Gasteiger partial charge >= 0.3 is 0 Å². The summed E-state index contributed by atoms with van der Waals surface area (Å²) in [6.07, 6.45) is 0.936. The van der Waals surface area contributed by atoms with Gasteiger partial charge in [0.25, 0.3) is 0 Å². The highest BCUT2D eigenvalue weighted by atomic mass is 32.2. The first-order valence-corrected chi connectivity index (χ1v) is 9.86. The molecule has 5 nitrogen and oxygen atoms in total. The summed E-state index contributed by atoms with van der Waals surface area (Å²) in [5.74, 6) is 3.15. The quantitative estimate of drug-likeness (QED) is 0.332. The van der Waals surface area contributed by atoms with Crippen molar-refractivity contribution in [3.8, 4) is 0 Å². The number of thiol groups is 1.